The number of rotatable bonds is 5. The van der Waals surface area contributed by atoms with E-state index in [1.165, 1.54) is 28.0 Å². The summed E-state index contributed by atoms with van der Waals surface area (Å²) in [6.45, 7) is 2.22. The van der Waals surface area contributed by atoms with E-state index in [9.17, 15) is 10.1 Å². The standard InChI is InChI=1S/C20H18ClN5OS2/c1-12-5-6-15-16(9-22)19(29-17(15)7-12)24-18(27)10-28-20-25-23-11-26(20)14-4-2-3-13(21)8-14/h2-4,8,11-12H,5-7,10H2,1H3,(H,24,27). The Morgan fingerprint density at radius 2 is 2.38 bits per heavy atom. The minimum atomic E-state index is -0.168. The second kappa shape index (κ2) is 8.57. The van der Waals surface area contributed by atoms with Crippen LogP contribution in [0.25, 0.3) is 5.69 Å². The van der Waals surface area contributed by atoms with Crippen molar-refractivity contribution in [3.05, 3.63) is 51.6 Å². The van der Waals surface area contributed by atoms with Gasteiger partial charge in [-0.15, -0.1) is 21.5 Å². The minimum absolute atomic E-state index is 0.168. The van der Waals surface area contributed by atoms with Crippen LogP contribution in [0.5, 0.6) is 0 Å². The van der Waals surface area contributed by atoms with Crippen LogP contribution >= 0.6 is 34.7 Å². The number of hydrogen-bond acceptors (Lipinski definition) is 6. The predicted molar refractivity (Wildman–Crippen MR) is 116 cm³/mol. The summed E-state index contributed by atoms with van der Waals surface area (Å²) in [6, 6.07) is 9.63. The Balaban J connectivity index is 1.45. The zero-order valence-electron chi connectivity index (χ0n) is 15.7. The molecule has 9 heteroatoms. The molecule has 3 aromatic rings. The lowest BCUT2D eigenvalue weighted by atomic mass is 9.89. The third-order valence-electron chi connectivity index (χ3n) is 4.81. The predicted octanol–water partition coefficient (Wildman–Crippen LogP) is 4.71. The zero-order chi connectivity index (χ0) is 20.4. The topological polar surface area (TPSA) is 83.6 Å². The number of amides is 1. The van der Waals surface area contributed by atoms with Crippen LogP contribution in [0.4, 0.5) is 5.00 Å². The van der Waals surface area contributed by atoms with Gasteiger partial charge in [0.2, 0.25) is 5.91 Å². The molecule has 1 aliphatic rings. The third-order valence-corrected chi connectivity index (χ3v) is 7.16. The fraction of sp³-hybridized carbons (Fsp3) is 0.300. The van der Waals surface area contributed by atoms with Crippen LogP contribution in [0.15, 0.2) is 35.7 Å². The molecule has 1 N–H and O–H groups in total. The monoisotopic (exact) mass is 443 g/mol. The van der Waals surface area contributed by atoms with Crippen molar-refractivity contribution < 1.29 is 4.79 Å². The van der Waals surface area contributed by atoms with Gasteiger partial charge in [0.15, 0.2) is 5.16 Å². The van der Waals surface area contributed by atoms with E-state index in [0.717, 1.165) is 30.5 Å². The van der Waals surface area contributed by atoms with E-state index in [1.54, 1.807) is 17.0 Å². The first-order valence-corrected chi connectivity index (χ1v) is 11.4. The molecule has 0 saturated carbocycles. The molecular weight excluding hydrogens is 426 g/mol. The molecule has 6 nitrogen and oxygen atoms in total. The van der Waals surface area contributed by atoms with Gasteiger partial charge in [-0.05, 0) is 48.9 Å². The van der Waals surface area contributed by atoms with Crippen molar-refractivity contribution in [3.8, 4) is 11.8 Å². The highest BCUT2D eigenvalue weighted by Crippen LogP contribution is 2.39. The molecule has 0 radical (unpaired) electrons. The van der Waals surface area contributed by atoms with Gasteiger partial charge in [-0.2, -0.15) is 5.26 Å². The normalized spacial score (nSPS) is 15.6. The molecule has 2 aromatic heterocycles. The first kappa shape index (κ1) is 20.0. The summed E-state index contributed by atoms with van der Waals surface area (Å²) in [4.78, 5) is 13.8. The number of thioether (sulfide) groups is 1. The van der Waals surface area contributed by atoms with Gasteiger partial charge in [-0.3, -0.25) is 9.36 Å². The number of anilines is 1. The number of nitrogens with zero attached hydrogens (tertiary/aromatic N) is 4. The molecule has 1 amide bonds. The Kier molecular flexibility index (Phi) is 5.90. The lowest BCUT2D eigenvalue weighted by molar-refractivity contribution is -0.113. The number of benzene rings is 1. The maximum atomic E-state index is 12.5. The first-order valence-electron chi connectivity index (χ1n) is 9.18. The molecule has 148 valence electrons. The van der Waals surface area contributed by atoms with Gasteiger partial charge in [0, 0.05) is 9.90 Å². The summed E-state index contributed by atoms with van der Waals surface area (Å²) >= 11 is 8.88. The van der Waals surface area contributed by atoms with Crippen LogP contribution in [-0.2, 0) is 17.6 Å². The number of fused-ring (bicyclic) bond motifs is 1. The van der Waals surface area contributed by atoms with E-state index >= 15 is 0 Å². The highest BCUT2D eigenvalue weighted by Gasteiger charge is 2.24. The Labute approximate surface area is 181 Å². The van der Waals surface area contributed by atoms with Gasteiger partial charge in [-0.1, -0.05) is 36.4 Å². The van der Waals surface area contributed by atoms with Crippen LogP contribution in [-0.4, -0.2) is 26.4 Å². The Morgan fingerprint density at radius 3 is 3.17 bits per heavy atom. The molecule has 0 bridgehead atoms. The number of hydrogen-bond donors (Lipinski definition) is 1. The summed E-state index contributed by atoms with van der Waals surface area (Å²) in [5.41, 5.74) is 2.56. The van der Waals surface area contributed by atoms with Gasteiger partial charge < -0.3 is 5.32 Å². The molecule has 0 fully saturated rings. The zero-order valence-corrected chi connectivity index (χ0v) is 18.1. The van der Waals surface area contributed by atoms with Gasteiger partial charge in [0.25, 0.3) is 0 Å². The van der Waals surface area contributed by atoms with Gasteiger partial charge in [0.05, 0.1) is 17.0 Å². The van der Waals surface area contributed by atoms with Crippen molar-refractivity contribution in [2.75, 3.05) is 11.1 Å². The maximum absolute atomic E-state index is 12.5. The molecule has 1 atom stereocenters. The number of halogens is 1. The van der Waals surface area contributed by atoms with E-state index in [1.807, 2.05) is 18.2 Å². The SMILES string of the molecule is CC1CCc2c(sc(NC(=O)CSc3nncn3-c3cccc(Cl)c3)c2C#N)C1. The molecule has 0 spiro atoms. The number of nitriles is 1. The number of carbonyl (C=O) groups excluding carboxylic acids is 1. The Hall–Kier alpha value is -2.34. The minimum Gasteiger partial charge on any atom is -0.316 e. The van der Waals surface area contributed by atoms with Crippen LogP contribution in [0.1, 0.15) is 29.3 Å². The van der Waals surface area contributed by atoms with Crippen molar-refractivity contribution in [3.63, 3.8) is 0 Å². The molecule has 4 rings (SSSR count). The second-order valence-corrected chi connectivity index (χ2v) is 9.45. The highest BCUT2D eigenvalue weighted by atomic mass is 35.5. The van der Waals surface area contributed by atoms with E-state index in [-0.39, 0.29) is 11.7 Å². The summed E-state index contributed by atoms with van der Waals surface area (Å²) in [6.07, 6.45) is 4.56. The number of carbonyl (C=O) groups is 1. The van der Waals surface area contributed by atoms with Crippen LogP contribution in [0.2, 0.25) is 5.02 Å². The largest absolute Gasteiger partial charge is 0.316 e. The van der Waals surface area contributed by atoms with Crippen LogP contribution < -0.4 is 5.32 Å². The van der Waals surface area contributed by atoms with E-state index in [2.05, 4.69) is 28.5 Å². The molecule has 1 unspecified atom stereocenters. The second-order valence-electron chi connectivity index (χ2n) is 6.97. The average molecular weight is 444 g/mol. The van der Waals surface area contributed by atoms with E-state index < -0.39 is 0 Å². The van der Waals surface area contributed by atoms with Crippen molar-refractivity contribution >= 4 is 45.6 Å². The first-order chi connectivity index (χ1) is 14.0. The Morgan fingerprint density at radius 1 is 1.52 bits per heavy atom. The van der Waals surface area contributed by atoms with Gasteiger partial charge in [0.1, 0.15) is 17.4 Å². The van der Waals surface area contributed by atoms with Crippen LogP contribution in [0.3, 0.4) is 0 Å². The van der Waals surface area contributed by atoms with E-state index in [4.69, 9.17) is 11.6 Å². The Bertz CT molecular complexity index is 1100. The van der Waals surface area contributed by atoms with Crippen LogP contribution in [0, 0.1) is 17.2 Å². The lowest BCUT2D eigenvalue weighted by Crippen LogP contribution is -2.14. The molecule has 1 aliphatic carbocycles. The average Bonchev–Trinajstić information content (AvgIpc) is 3.29. The van der Waals surface area contributed by atoms with Gasteiger partial charge in [-0.25, -0.2) is 0 Å². The lowest BCUT2D eigenvalue weighted by Gasteiger charge is -2.17. The molecule has 0 aliphatic heterocycles. The van der Waals surface area contributed by atoms with Crippen molar-refractivity contribution in [1.29, 1.82) is 5.26 Å². The number of nitrogens with one attached hydrogen (secondary N) is 1. The summed E-state index contributed by atoms with van der Waals surface area (Å²) in [5, 5.41) is 22.4. The molecular formula is C20H18ClN5OS2. The fourth-order valence-corrected chi connectivity index (χ4v) is 5.67. The summed E-state index contributed by atoms with van der Waals surface area (Å²) in [7, 11) is 0. The molecule has 2 heterocycles. The molecule has 1 aromatic carbocycles. The maximum Gasteiger partial charge on any atom is 0.235 e. The number of aromatic nitrogens is 3. The van der Waals surface area contributed by atoms with E-state index in [0.29, 0.717) is 26.7 Å². The van der Waals surface area contributed by atoms with Crippen molar-refractivity contribution in [2.24, 2.45) is 5.92 Å². The van der Waals surface area contributed by atoms with Crippen molar-refractivity contribution in [1.82, 2.24) is 14.8 Å². The molecule has 0 saturated heterocycles. The number of thiophene rings is 1. The summed E-state index contributed by atoms with van der Waals surface area (Å²) in [5.74, 6) is 0.617. The third kappa shape index (κ3) is 4.32. The van der Waals surface area contributed by atoms with Crippen molar-refractivity contribution in [2.45, 2.75) is 31.3 Å². The summed E-state index contributed by atoms with van der Waals surface area (Å²) < 4.78 is 1.79. The smallest absolute Gasteiger partial charge is 0.235 e. The quantitative estimate of drug-likeness (QED) is 0.577. The van der Waals surface area contributed by atoms with Gasteiger partial charge >= 0.3 is 0 Å². The molecule has 29 heavy (non-hydrogen) atoms. The highest BCUT2D eigenvalue weighted by molar-refractivity contribution is 7.99. The fourth-order valence-electron chi connectivity index (χ4n) is 3.38.